The van der Waals surface area contributed by atoms with Gasteiger partial charge >= 0.3 is 0 Å². The molecule has 96 valence electrons. The molecule has 4 heteroatoms. The van der Waals surface area contributed by atoms with Crippen LogP contribution in [0, 0.1) is 0 Å². The smallest absolute Gasteiger partial charge is 0.201 e. The average molecular weight is 272 g/mol. The van der Waals surface area contributed by atoms with E-state index in [1.165, 1.54) is 5.56 Å². The molecule has 0 amide bonds. The highest BCUT2D eigenvalue weighted by Gasteiger charge is 2.00. The quantitative estimate of drug-likeness (QED) is 0.756. The van der Waals surface area contributed by atoms with Crippen LogP contribution in [0.5, 0.6) is 0 Å². The minimum Gasteiger partial charge on any atom is -0.355 e. The van der Waals surface area contributed by atoms with Gasteiger partial charge in [0.25, 0.3) is 0 Å². The van der Waals surface area contributed by atoms with Crippen molar-refractivity contribution >= 4 is 28.6 Å². The Kier molecular flexibility index (Phi) is 3.38. The van der Waals surface area contributed by atoms with Gasteiger partial charge < -0.3 is 10.3 Å². The lowest BCUT2D eigenvalue weighted by Crippen LogP contribution is -2.05. The van der Waals surface area contributed by atoms with Crippen LogP contribution in [0.2, 0.25) is 5.02 Å². The lowest BCUT2D eigenvalue weighted by molar-refractivity contribution is 1.000. The molecule has 1 heterocycles. The standard InChI is InChI=1S/C15H14ClN3/c16-12-7-5-11(6-8-12)9-10-17-15-18-13-3-1-2-4-14(13)19-15/h1-8H,9-10H2,(H2,17,18,19). The molecular weight excluding hydrogens is 258 g/mol. The van der Waals surface area contributed by atoms with Crippen LogP contribution in [0.1, 0.15) is 5.56 Å². The summed E-state index contributed by atoms with van der Waals surface area (Å²) < 4.78 is 0. The molecule has 0 aliphatic rings. The molecule has 0 aliphatic carbocycles. The van der Waals surface area contributed by atoms with Crippen molar-refractivity contribution in [2.45, 2.75) is 6.42 Å². The molecule has 0 aliphatic heterocycles. The first-order valence-corrected chi connectivity index (χ1v) is 6.62. The first-order chi connectivity index (χ1) is 9.31. The van der Waals surface area contributed by atoms with Crippen LogP contribution in [0.4, 0.5) is 5.95 Å². The number of para-hydroxylation sites is 2. The number of anilines is 1. The predicted molar refractivity (Wildman–Crippen MR) is 79.7 cm³/mol. The molecule has 2 N–H and O–H groups in total. The van der Waals surface area contributed by atoms with Gasteiger partial charge in [-0.15, -0.1) is 0 Å². The molecule has 0 spiro atoms. The molecule has 0 atom stereocenters. The normalized spacial score (nSPS) is 10.8. The Morgan fingerprint density at radius 1 is 1.05 bits per heavy atom. The number of hydrogen-bond acceptors (Lipinski definition) is 2. The Labute approximate surface area is 116 Å². The monoisotopic (exact) mass is 271 g/mol. The summed E-state index contributed by atoms with van der Waals surface area (Å²) in [5.41, 5.74) is 3.29. The second kappa shape index (κ2) is 5.33. The number of halogens is 1. The number of aromatic amines is 1. The summed E-state index contributed by atoms with van der Waals surface area (Å²) in [6.07, 6.45) is 0.939. The van der Waals surface area contributed by atoms with Gasteiger partial charge in [-0.25, -0.2) is 4.98 Å². The number of H-pyrrole nitrogens is 1. The molecule has 3 aromatic rings. The number of aromatic nitrogens is 2. The number of rotatable bonds is 4. The van der Waals surface area contributed by atoms with Crippen molar-refractivity contribution < 1.29 is 0 Å². The van der Waals surface area contributed by atoms with E-state index in [0.717, 1.165) is 35.0 Å². The van der Waals surface area contributed by atoms with Crippen LogP contribution in [0.3, 0.4) is 0 Å². The van der Waals surface area contributed by atoms with Crippen molar-refractivity contribution in [2.24, 2.45) is 0 Å². The highest BCUT2D eigenvalue weighted by atomic mass is 35.5. The molecule has 0 saturated carbocycles. The highest BCUT2D eigenvalue weighted by molar-refractivity contribution is 6.30. The maximum atomic E-state index is 5.86. The molecular formula is C15H14ClN3. The van der Waals surface area contributed by atoms with Crippen LogP contribution in [-0.4, -0.2) is 16.5 Å². The largest absolute Gasteiger partial charge is 0.355 e. The van der Waals surface area contributed by atoms with E-state index in [0.29, 0.717) is 0 Å². The molecule has 3 nitrogen and oxygen atoms in total. The Hall–Kier alpha value is -2.00. The van der Waals surface area contributed by atoms with Crippen LogP contribution >= 0.6 is 11.6 Å². The van der Waals surface area contributed by atoms with E-state index in [9.17, 15) is 0 Å². The zero-order valence-corrected chi connectivity index (χ0v) is 11.1. The second-order valence-electron chi connectivity index (χ2n) is 4.41. The van der Waals surface area contributed by atoms with Gasteiger partial charge in [0.05, 0.1) is 11.0 Å². The van der Waals surface area contributed by atoms with E-state index in [1.54, 1.807) is 0 Å². The van der Waals surface area contributed by atoms with E-state index in [2.05, 4.69) is 15.3 Å². The lowest BCUT2D eigenvalue weighted by atomic mass is 10.1. The summed E-state index contributed by atoms with van der Waals surface area (Å²) in [5, 5.41) is 4.07. The summed E-state index contributed by atoms with van der Waals surface area (Å²) in [4.78, 5) is 7.72. The van der Waals surface area contributed by atoms with Gasteiger partial charge in [-0.05, 0) is 36.2 Å². The fraction of sp³-hybridized carbons (Fsp3) is 0.133. The van der Waals surface area contributed by atoms with Crippen molar-refractivity contribution in [1.29, 1.82) is 0 Å². The molecule has 1 aromatic heterocycles. The predicted octanol–water partition coefficient (Wildman–Crippen LogP) is 3.87. The molecule has 19 heavy (non-hydrogen) atoms. The number of nitrogens with one attached hydrogen (secondary N) is 2. The molecule has 0 radical (unpaired) electrons. The van der Waals surface area contributed by atoms with Gasteiger partial charge in [0, 0.05) is 11.6 Å². The van der Waals surface area contributed by atoms with Gasteiger partial charge in [-0.3, -0.25) is 0 Å². The summed E-state index contributed by atoms with van der Waals surface area (Å²) >= 11 is 5.86. The summed E-state index contributed by atoms with van der Waals surface area (Å²) in [7, 11) is 0. The minimum atomic E-state index is 0.772. The molecule has 2 aromatic carbocycles. The Morgan fingerprint density at radius 3 is 2.63 bits per heavy atom. The van der Waals surface area contributed by atoms with Crippen molar-refractivity contribution in [2.75, 3.05) is 11.9 Å². The fourth-order valence-electron chi connectivity index (χ4n) is 2.01. The zero-order valence-electron chi connectivity index (χ0n) is 10.4. The van der Waals surface area contributed by atoms with Crippen molar-refractivity contribution in [3.8, 4) is 0 Å². The summed E-state index contributed by atoms with van der Waals surface area (Å²) in [6, 6.07) is 15.9. The number of fused-ring (bicyclic) bond motifs is 1. The van der Waals surface area contributed by atoms with Crippen LogP contribution < -0.4 is 5.32 Å². The maximum Gasteiger partial charge on any atom is 0.201 e. The molecule has 3 rings (SSSR count). The number of imidazole rings is 1. The Morgan fingerprint density at radius 2 is 1.84 bits per heavy atom. The number of benzene rings is 2. The third-order valence-corrected chi connectivity index (χ3v) is 3.26. The first-order valence-electron chi connectivity index (χ1n) is 6.24. The lowest BCUT2D eigenvalue weighted by Gasteiger charge is -2.03. The van der Waals surface area contributed by atoms with Gasteiger partial charge in [-0.2, -0.15) is 0 Å². The van der Waals surface area contributed by atoms with Crippen LogP contribution in [-0.2, 0) is 6.42 Å². The third-order valence-electron chi connectivity index (χ3n) is 3.01. The minimum absolute atomic E-state index is 0.772. The average Bonchev–Trinajstić information content (AvgIpc) is 2.83. The number of nitrogens with zero attached hydrogens (tertiary/aromatic N) is 1. The highest BCUT2D eigenvalue weighted by Crippen LogP contribution is 2.14. The third kappa shape index (κ3) is 2.88. The van der Waals surface area contributed by atoms with Crippen molar-refractivity contribution in [3.05, 3.63) is 59.1 Å². The summed E-state index contributed by atoms with van der Waals surface area (Å²) in [6.45, 7) is 0.835. The van der Waals surface area contributed by atoms with E-state index in [1.807, 2.05) is 48.5 Å². The Bertz CT molecular complexity index is 640. The van der Waals surface area contributed by atoms with Crippen molar-refractivity contribution in [3.63, 3.8) is 0 Å². The second-order valence-corrected chi connectivity index (χ2v) is 4.84. The molecule has 0 unspecified atom stereocenters. The van der Waals surface area contributed by atoms with Gasteiger partial charge in [-0.1, -0.05) is 35.9 Å². The fourth-order valence-corrected chi connectivity index (χ4v) is 2.14. The van der Waals surface area contributed by atoms with Gasteiger partial charge in [0.1, 0.15) is 0 Å². The van der Waals surface area contributed by atoms with E-state index >= 15 is 0 Å². The van der Waals surface area contributed by atoms with Gasteiger partial charge in [0.15, 0.2) is 0 Å². The van der Waals surface area contributed by atoms with E-state index in [-0.39, 0.29) is 0 Å². The summed E-state index contributed by atoms with van der Waals surface area (Å²) in [5.74, 6) is 0.815. The molecule has 0 fully saturated rings. The van der Waals surface area contributed by atoms with Crippen LogP contribution in [0.25, 0.3) is 11.0 Å². The maximum absolute atomic E-state index is 5.86. The van der Waals surface area contributed by atoms with E-state index < -0.39 is 0 Å². The van der Waals surface area contributed by atoms with Crippen LogP contribution in [0.15, 0.2) is 48.5 Å². The van der Waals surface area contributed by atoms with Crippen molar-refractivity contribution in [1.82, 2.24) is 9.97 Å². The Balaban J connectivity index is 1.61. The topological polar surface area (TPSA) is 40.7 Å². The zero-order chi connectivity index (χ0) is 13.1. The van der Waals surface area contributed by atoms with Gasteiger partial charge in [0.2, 0.25) is 5.95 Å². The number of hydrogen-bond donors (Lipinski definition) is 2. The molecule has 0 saturated heterocycles. The molecule has 0 bridgehead atoms. The first kappa shape index (κ1) is 12.1. The van der Waals surface area contributed by atoms with E-state index in [4.69, 9.17) is 11.6 Å². The SMILES string of the molecule is Clc1ccc(CCNc2nc3ccccc3[nH]2)cc1.